The standard InChI is InChI=1S/C12H13IN4/c1-6-4-9(5-7(2)15-6)12-16-8(3)10(13)11(14)17-12/h4-5H,1-3H3,(H2,14,16,17). The number of nitrogens with zero attached hydrogens (tertiary/aromatic N) is 3. The minimum atomic E-state index is 0.528. The lowest BCUT2D eigenvalue weighted by Crippen LogP contribution is -2.02. The molecular weight excluding hydrogens is 327 g/mol. The van der Waals surface area contributed by atoms with E-state index in [4.69, 9.17) is 5.73 Å². The third-order valence-corrected chi connectivity index (χ3v) is 3.72. The number of rotatable bonds is 1. The van der Waals surface area contributed by atoms with Crippen molar-refractivity contribution in [1.29, 1.82) is 0 Å². The average molecular weight is 340 g/mol. The Morgan fingerprint density at radius 1 is 1.00 bits per heavy atom. The van der Waals surface area contributed by atoms with Crippen LogP contribution in [-0.4, -0.2) is 15.0 Å². The minimum absolute atomic E-state index is 0.528. The Balaban J connectivity index is 2.60. The molecule has 0 saturated carbocycles. The number of hydrogen-bond donors (Lipinski definition) is 1. The lowest BCUT2D eigenvalue weighted by molar-refractivity contribution is 1.08. The summed E-state index contributed by atoms with van der Waals surface area (Å²) in [5.41, 5.74) is 9.64. The third kappa shape index (κ3) is 2.54. The maximum absolute atomic E-state index is 5.86. The molecule has 4 nitrogen and oxygen atoms in total. The zero-order valence-electron chi connectivity index (χ0n) is 9.95. The number of aromatic nitrogens is 3. The lowest BCUT2D eigenvalue weighted by Gasteiger charge is -2.07. The second kappa shape index (κ2) is 4.56. The van der Waals surface area contributed by atoms with Gasteiger partial charge in [-0.05, 0) is 55.5 Å². The van der Waals surface area contributed by atoms with Crippen LogP contribution < -0.4 is 5.73 Å². The summed E-state index contributed by atoms with van der Waals surface area (Å²) in [5.74, 6) is 1.19. The topological polar surface area (TPSA) is 64.7 Å². The number of nitrogens with two attached hydrogens (primary N) is 1. The van der Waals surface area contributed by atoms with Crippen molar-refractivity contribution < 1.29 is 0 Å². The van der Waals surface area contributed by atoms with Gasteiger partial charge in [-0.3, -0.25) is 4.98 Å². The Morgan fingerprint density at radius 2 is 1.59 bits per heavy atom. The van der Waals surface area contributed by atoms with Gasteiger partial charge in [-0.1, -0.05) is 0 Å². The van der Waals surface area contributed by atoms with E-state index in [1.54, 1.807) is 0 Å². The van der Waals surface area contributed by atoms with Crippen molar-refractivity contribution in [2.75, 3.05) is 5.73 Å². The molecule has 0 unspecified atom stereocenters. The zero-order valence-corrected chi connectivity index (χ0v) is 12.1. The van der Waals surface area contributed by atoms with Gasteiger partial charge >= 0.3 is 0 Å². The summed E-state index contributed by atoms with van der Waals surface area (Å²) in [7, 11) is 0. The summed E-state index contributed by atoms with van der Waals surface area (Å²) in [6, 6.07) is 3.93. The highest BCUT2D eigenvalue weighted by molar-refractivity contribution is 14.1. The highest BCUT2D eigenvalue weighted by atomic mass is 127. The molecule has 0 bridgehead atoms. The average Bonchev–Trinajstić information content (AvgIpc) is 2.23. The molecule has 0 aliphatic rings. The molecule has 0 amide bonds. The fourth-order valence-electron chi connectivity index (χ4n) is 1.67. The molecule has 17 heavy (non-hydrogen) atoms. The second-order valence-electron chi connectivity index (χ2n) is 3.97. The van der Waals surface area contributed by atoms with Gasteiger partial charge in [0.15, 0.2) is 5.82 Å². The lowest BCUT2D eigenvalue weighted by atomic mass is 10.2. The normalized spacial score (nSPS) is 10.6. The number of pyridine rings is 1. The molecule has 2 aromatic rings. The molecule has 0 aliphatic carbocycles. The summed E-state index contributed by atoms with van der Waals surface area (Å²) in [6.45, 7) is 5.85. The molecular formula is C12H13IN4. The highest BCUT2D eigenvalue weighted by Gasteiger charge is 2.09. The van der Waals surface area contributed by atoms with Crippen molar-refractivity contribution in [2.24, 2.45) is 0 Å². The monoisotopic (exact) mass is 340 g/mol. The molecule has 2 rings (SSSR count). The smallest absolute Gasteiger partial charge is 0.161 e. The molecule has 0 fully saturated rings. The van der Waals surface area contributed by atoms with Crippen LogP contribution >= 0.6 is 22.6 Å². The first kappa shape index (κ1) is 12.2. The van der Waals surface area contributed by atoms with Gasteiger partial charge in [0.25, 0.3) is 0 Å². The molecule has 0 aromatic carbocycles. The molecule has 0 atom stereocenters. The van der Waals surface area contributed by atoms with Crippen molar-refractivity contribution in [3.05, 3.63) is 32.8 Å². The Kier molecular flexibility index (Phi) is 3.28. The molecule has 0 aliphatic heterocycles. The van der Waals surface area contributed by atoms with Crippen LogP contribution in [-0.2, 0) is 0 Å². The van der Waals surface area contributed by atoms with Crippen LogP contribution in [0.1, 0.15) is 17.1 Å². The van der Waals surface area contributed by atoms with Crippen molar-refractivity contribution >= 4 is 28.4 Å². The summed E-state index contributed by atoms with van der Waals surface area (Å²) in [5, 5.41) is 0. The second-order valence-corrected chi connectivity index (χ2v) is 5.05. The van der Waals surface area contributed by atoms with Crippen molar-refractivity contribution in [3.8, 4) is 11.4 Å². The Bertz CT molecular complexity index is 537. The van der Waals surface area contributed by atoms with E-state index in [-0.39, 0.29) is 0 Å². The number of halogens is 1. The maximum Gasteiger partial charge on any atom is 0.161 e. The van der Waals surface area contributed by atoms with Gasteiger partial charge in [-0.25, -0.2) is 9.97 Å². The van der Waals surface area contributed by atoms with E-state index in [2.05, 4.69) is 37.5 Å². The van der Waals surface area contributed by atoms with E-state index in [1.165, 1.54) is 0 Å². The highest BCUT2D eigenvalue weighted by Crippen LogP contribution is 2.22. The van der Waals surface area contributed by atoms with Crippen LogP contribution in [0.5, 0.6) is 0 Å². The van der Waals surface area contributed by atoms with Crippen LogP contribution in [0.15, 0.2) is 12.1 Å². The van der Waals surface area contributed by atoms with E-state index in [0.29, 0.717) is 11.6 Å². The van der Waals surface area contributed by atoms with Gasteiger partial charge in [0.1, 0.15) is 5.82 Å². The fourth-order valence-corrected chi connectivity index (χ4v) is 1.92. The molecule has 0 saturated heterocycles. The molecule has 0 spiro atoms. The first-order chi connectivity index (χ1) is 7.97. The van der Waals surface area contributed by atoms with Gasteiger partial charge in [-0.15, -0.1) is 0 Å². The van der Waals surface area contributed by atoms with Gasteiger partial charge in [-0.2, -0.15) is 0 Å². The van der Waals surface area contributed by atoms with Crippen molar-refractivity contribution in [2.45, 2.75) is 20.8 Å². The van der Waals surface area contributed by atoms with Crippen LogP contribution in [0, 0.1) is 24.3 Å². The fraction of sp³-hybridized carbons (Fsp3) is 0.250. The number of anilines is 1. The number of aryl methyl sites for hydroxylation is 3. The molecule has 88 valence electrons. The van der Waals surface area contributed by atoms with Crippen LogP contribution in [0.2, 0.25) is 0 Å². The van der Waals surface area contributed by atoms with Gasteiger partial charge in [0, 0.05) is 17.0 Å². The van der Waals surface area contributed by atoms with Gasteiger partial charge in [0.05, 0.1) is 9.26 Å². The van der Waals surface area contributed by atoms with Crippen LogP contribution in [0.25, 0.3) is 11.4 Å². The number of hydrogen-bond acceptors (Lipinski definition) is 4. The van der Waals surface area contributed by atoms with E-state index in [9.17, 15) is 0 Å². The minimum Gasteiger partial charge on any atom is -0.383 e. The Labute approximate surface area is 114 Å². The summed E-state index contributed by atoms with van der Waals surface area (Å²) < 4.78 is 0.911. The van der Waals surface area contributed by atoms with E-state index in [0.717, 1.165) is 26.2 Å². The van der Waals surface area contributed by atoms with Crippen molar-refractivity contribution in [1.82, 2.24) is 15.0 Å². The summed E-state index contributed by atoms with van der Waals surface area (Å²) in [4.78, 5) is 13.1. The van der Waals surface area contributed by atoms with E-state index < -0.39 is 0 Å². The predicted molar refractivity (Wildman–Crippen MR) is 76.6 cm³/mol. The molecule has 2 heterocycles. The van der Waals surface area contributed by atoms with Crippen LogP contribution in [0.3, 0.4) is 0 Å². The Morgan fingerprint density at radius 3 is 2.12 bits per heavy atom. The molecule has 2 N–H and O–H groups in total. The van der Waals surface area contributed by atoms with E-state index >= 15 is 0 Å². The van der Waals surface area contributed by atoms with E-state index in [1.807, 2.05) is 32.9 Å². The maximum atomic E-state index is 5.86. The first-order valence-electron chi connectivity index (χ1n) is 5.22. The van der Waals surface area contributed by atoms with Gasteiger partial charge in [0.2, 0.25) is 0 Å². The van der Waals surface area contributed by atoms with Gasteiger partial charge < -0.3 is 5.73 Å². The predicted octanol–water partition coefficient (Wildman–Crippen LogP) is 2.65. The number of nitrogen functional groups attached to an aromatic ring is 1. The summed E-state index contributed by atoms with van der Waals surface area (Å²) >= 11 is 2.16. The third-order valence-electron chi connectivity index (χ3n) is 2.38. The Hall–Kier alpha value is -1.24. The van der Waals surface area contributed by atoms with Crippen molar-refractivity contribution in [3.63, 3.8) is 0 Å². The molecule has 5 heteroatoms. The van der Waals surface area contributed by atoms with Crippen LogP contribution in [0.4, 0.5) is 5.82 Å². The first-order valence-corrected chi connectivity index (χ1v) is 6.30. The zero-order chi connectivity index (χ0) is 12.6. The molecule has 2 aromatic heterocycles. The summed E-state index contributed by atoms with van der Waals surface area (Å²) in [6.07, 6.45) is 0. The SMILES string of the molecule is Cc1cc(-c2nc(C)c(I)c(N)n2)cc(C)n1. The largest absolute Gasteiger partial charge is 0.383 e. The quantitative estimate of drug-likeness (QED) is 0.811. The molecule has 0 radical (unpaired) electrons.